The number of benzene rings is 1. The molecule has 1 N–H and O–H groups in total. The smallest absolute Gasteiger partial charge is 0.229 e. The van der Waals surface area contributed by atoms with Crippen molar-refractivity contribution < 1.29 is 9.53 Å². The van der Waals surface area contributed by atoms with Gasteiger partial charge in [0, 0.05) is 12.3 Å². The number of nitrogens with zero attached hydrogens (tertiary/aromatic N) is 2. The van der Waals surface area contributed by atoms with Crippen LogP contribution in [0, 0.1) is 5.92 Å². The van der Waals surface area contributed by atoms with Crippen LogP contribution in [0.25, 0.3) is 10.4 Å². The molecule has 1 aliphatic heterocycles. The van der Waals surface area contributed by atoms with Gasteiger partial charge in [-0.2, -0.15) is 0 Å². The number of rotatable bonds is 3. The molecule has 2 heterocycles. The van der Waals surface area contributed by atoms with Gasteiger partial charge in [0.1, 0.15) is 0 Å². The Balaban J connectivity index is 1.67. The van der Waals surface area contributed by atoms with E-state index in [2.05, 4.69) is 14.9 Å². The number of hydrogen-bond donors (Lipinski definition) is 1. The van der Waals surface area contributed by atoms with Crippen molar-refractivity contribution in [3.63, 3.8) is 0 Å². The highest BCUT2D eigenvalue weighted by Gasteiger charge is 2.23. The van der Waals surface area contributed by atoms with E-state index in [1.807, 2.05) is 24.3 Å². The summed E-state index contributed by atoms with van der Waals surface area (Å²) in [5.74, 6) is 0.00933. The van der Waals surface area contributed by atoms with Crippen LogP contribution in [0.3, 0.4) is 0 Å². The zero-order valence-electron chi connectivity index (χ0n) is 10.2. The van der Waals surface area contributed by atoms with Gasteiger partial charge in [0.25, 0.3) is 0 Å². The van der Waals surface area contributed by atoms with Gasteiger partial charge in [0.05, 0.1) is 23.6 Å². The standard InChI is InChI=1S/C13H13N3O2S/c17-13(10-5-6-18-8-10)15-11-3-1-9(2-4-11)12-7-14-16-19-12/h1-4,7,10H,5-6,8H2,(H,15,17). The van der Waals surface area contributed by atoms with Gasteiger partial charge in [-0.1, -0.05) is 16.6 Å². The predicted molar refractivity (Wildman–Crippen MR) is 72.9 cm³/mol. The van der Waals surface area contributed by atoms with Gasteiger partial charge in [-0.15, -0.1) is 5.10 Å². The van der Waals surface area contributed by atoms with Gasteiger partial charge in [-0.3, -0.25) is 4.79 Å². The number of nitrogens with one attached hydrogen (secondary N) is 1. The fourth-order valence-corrected chi connectivity index (χ4v) is 2.52. The lowest BCUT2D eigenvalue weighted by Gasteiger charge is -2.09. The van der Waals surface area contributed by atoms with Crippen molar-refractivity contribution in [2.24, 2.45) is 5.92 Å². The minimum atomic E-state index is -0.0228. The van der Waals surface area contributed by atoms with Crippen molar-refractivity contribution in [1.82, 2.24) is 9.59 Å². The fourth-order valence-electron chi connectivity index (χ4n) is 2.00. The molecular weight excluding hydrogens is 262 g/mol. The lowest BCUT2D eigenvalue weighted by atomic mass is 10.1. The molecule has 1 aromatic carbocycles. The van der Waals surface area contributed by atoms with E-state index in [1.165, 1.54) is 11.5 Å². The van der Waals surface area contributed by atoms with E-state index in [0.717, 1.165) is 22.5 Å². The topological polar surface area (TPSA) is 64.1 Å². The molecule has 0 radical (unpaired) electrons. The largest absolute Gasteiger partial charge is 0.381 e. The Hall–Kier alpha value is -1.79. The van der Waals surface area contributed by atoms with Gasteiger partial charge >= 0.3 is 0 Å². The number of ether oxygens (including phenoxy) is 1. The zero-order valence-corrected chi connectivity index (χ0v) is 11.0. The third-order valence-corrected chi connectivity index (χ3v) is 3.81. The number of aromatic nitrogens is 2. The lowest BCUT2D eigenvalue weighted by molar-refractivity contribution is -0.119. The van der Waals surface area contributed by atoms with Crippen LogP contribution in [0.2, 0.25) is 0 Å². The van der Waals surface area contributed by atoms with Crippen molar-refractivity contribution in [2.45, 2.75) is 6.42 Å². The minimum Gasteiger partial charge on any atom is -0.381 e. The molecule has 5 nitrogen and oxygen atoms in total. The average Bonchev–Trinajstić information content (AvgIpc) is 3.13. The van der Waals surface area contributed by atoms with E-state index in [0.29, 0.717) is 13.2 Å². The molecule has 98 valence electrons. The molecule has 6 heteroatoms. The fraction of sp³-hybridized carbons (Fsp3) is 0.308. The van der Waals surface area contributed by atoms with Gasteiger partial charge < -0.3 is 10.1 Å². The zero-order chi connectivity index (χ0) is 13.1. The first-order valence-corrected chi connectivity index (χ1v) is 6.86. The second-order valence-corrected chi connectivity index (χ2v) is 5.19. The monoisotopic (exact) mass is 275 g/mol. The quantitative estimate of drug-likeness (QED) is 0.932. The maximum atomic E-state index is 11.9. The van der Waals surface area contributed by atoms with Crippen molar-refractivity contribution in [1.29, 1.82) is 0 Å². The number of hydrogen-bond acceptors (Lipinski definition) is 5. The van der Waals surface area contributed by atoms with Crippen LogP contribution in [0.4, 0.5) is 5.69 Å². The molecule has 1 atom stereocenters. The number of anilines is 1. The van der Waals surface area contributed by atoms with Crippen LogP contribution in [-0.4, -0.2) is 28.7 Å². The Morgan fingerprint density at radius 3 is 2.84 bits per heavy atom. The first kappa shape index (κ1) is 12.3. The van der Waals surface area contributed by atoms with E-state index < -0.39 is 0 Å². The summed E-state index contributed by atoms with van der Waals surface area (Å²) in [4.78, 5) is 12.9. The second-order valence-electron chi connectivity index (χ2n) is 4.41. The lowest BCUT2D eigenvalue weighted by Crippen LogP contribution is -2.22. The molecule has 1 aromatic heterocycles. The molecule has 3 rings (SSSR count). The maximum Gasteiger partial charge on any atom is 0.229 e. The molecule has 0 spiro atoms. The molecule has 1 fully saturated rings. The van der Waals surface area contributed by atoms with Crippen LogP contribution < -0.4 is 5.32 Å². The van der Waals surface area contributed by atoms with Crippen LogP contribution >= 0.6 is 11.5 Å². The Morgan fingerprint density at radius 2 is 2.21 bits per heavy atom. The molecule has 1 aliphatic rings. The summed E-state index contributed by atoms with van der Waals surface area (Å²) in [6, 6.07) is 7.69. The molecule has 19 heavy (non-hydrogen) atoms. The summed E-state index contributed by atoms with van der Waals surface area (Å²) in [5.41, 5.74) is 1.86. The predicted octanol–water partition coefficient (Wildman–Crippen LogP) is 2.18. The van der Waals surface area contributed by atoms with Crippen molar-refractivity contribution in [2.75, 3.05) is 18.5 Å². The summed E-state index contributed by atoms with van der Waals surface area (Å²) in [6.07, 6.45) is 2.53. The molecule has 0 saturated carbocycles. The Labute approximate surface area is 114 Å². The molecule has 1 saturated heterocycles. The Kier molecular flexibility index (Phi) is 3.52. The second kappa shape index (κ2) is 5.46. The van der Waals surface area contributed by atoms with E-state index >= 15 is 0 Å². The van der Waals surface area contributed by atoms with Crippen LogP contribution in [0.5, 0.6) is 0 Å². The number of carbonyl (C=O) groups excluding carboxylic acids is 1. The summed E-state index contributed by atoms with van der Waals surface area (Å²) >= 11 is 1.35. The highest BCUT2D eigenvalue weighted by Crippen LogP contribution is 2.23. The highest BCUT2D eigenvalue weighted by molar-refractivity contribution is 7.09. The van der Waals surface area contributed by atoms with Crippen molar-refractivity contribution >= 4 is 23.1 Å². The molecule has 1 unspecified atom stereocenters. The third kappa shape index (κ3) is 2.80. The molecule has 0 aliphatic carbocycles. The first-order chi connectivity index (χ1) is 9.33. The van der Waals surface area contributed by atoms with E-state index in [9.17, 15) is 4.79 Å². The van der Waals surface area contributed by atoms with E-state index in [1.54, 1.807) is 6.20 Å². The summed E-state index contributed by atoms with van der Waals surface area (Å²) < 4.78 is 9.04. The van der Waals surface area contributed by atoms with Gasteiger partial charge in [-0.05, 0) is 35.6 Å². The summed E-state index contributed by atoms with van der Waals surface area (Å²) in [6.45, 7) is 1.20. The van der Waals surface area contributed by atoms with Gasteiger partial charge in [0.2, 0.25) is 5.91 Å². The molecular formula is C13H13N3O2S. The Bertz CT molecular complexity index is 548. The number of carbonyl (C=O) groups is 1. The molecule has 0 bridgehead atoms. The van der Waals surface area contributed by atoms with E-state index in [4.69, 9.17) is 4.74 Å². The summed E-state index contributed by atoms with van der Waals surface area (Å²) in [5, 5.41) is 6.72. The Morgan fingerprint density at radius 1 is 1.37 bits per heavy atom. The van der Waals surface area contributed by atoms with Crippen LogP contribution in [0.1, 0.15) is 6.42 Å². The number of amides is 1. The summed E-state index contributed by atoms with van der Waals surface area (Å²) in [7, 11) is 0. The molecule has 2 aromatic rings. The normalized spacial score (nSPS) is 18.4. The van der Waals surface area contributed by atoms with Crippen molar-refractivity contribution in [3.05, 3.63) is 30.5 Å². The first-order valence-electron chi connectivity index (χ1n) is 6.09. The highest BCUT2D eigenvalue weighted by atomic mass is 32.1. The van der Waals surface area contributed by atoms with E-state index in [-0.39, 0.29) is 11.8 Å². The van der Waals surface area contributed by atoms with Crippen molar-refractivity contribution in [3.8, 4) is 10.4 Å². The minimum absolute atomic E-state index is 0.0228. The van der Waals surface area contributed by atoms with Gasteiger partial charge in [0.15, 0.2) is 0 Å². The van der Waals surface area contributed by atoms with Gasteiger partial charge in [-0.25, -0.2) is 0 Å². The van der Waals surface area contributed by atoms with Crippen LogP contribution in [0.15, 0.2) is 30.5 Å². The van der Waals surface area contributed by atoms with Crippen LogP contribution in [-0.2, 0) is 9.53 Å². The maximum absolute atomic E-state index is 11.9. The molecule has 1 amide bonds. The average molecular weight is 275 g/mol. The third-order valence-electron chi connectivity index (χ3n) is 3.10. The SMILES string of the molecule is O=C(Nc1ccc(-c2cnns2)cc1)C1CCOC1.